The minimum absolute atomic E-state index is 0.0809. The van der Waals surface area contributed by atoms with Gasteiger partial charge in [-0.3, -0.25) is 9.69 Å². The van der Waals surface area contributed by atoms with E-state index in [1.54, 1.807) is 24.1 Å². The summed E-state index contributed by atoms with van der Waals surface area (Å²) < 4.78 is 40.3. The lowest BCUT2D eigenvalue weighted by Crippen LogP contribution is -2.35. The zero-order chi connectivity index (χ0) is 19.7. The van der Waals surface area contributed by atoms with Crippen LogP contribution in [0.1, 0.15) is 17.5 Å². The fraction of sp³-hybridized carbons (Fsp3) is 0.350. The molecule has 1 amide bonds. The molecule has 0 spiro atoms. The van der Waals surface area contributed by atoms with Gasteiger partial charge in [-0.05, 0) is 43.1 Å². The minimum Gasteiger partial charge on any atom is -0.406 e. The van der Waals surface area contributed by atoms with Crippen molar-refractivity contribution >= 4 is 5.91 Å². The Morgan fingerprint density at radius 1 is 1.04 bits per heavy atom. The molecule has 146 valence electrons. The van der Waals surface area contributed by atoms with Gasteiger partial charge in [0.25, 0.3) is 0 Å². The van der Waals surface area contributed by atoms with Gasteiger partial charge in [-0.2, -0.15) is 0 Å². The van der Waals surface area contributed by atoms with Crippen LogP contribution in [0.25, 0.3) is 0 Å². The Kier molecular flexibility index (Phi) is 7.67. The molecule has 0 atom stereocenters. The number of carbonyl (C=O) groups excluding carboxylic acids is 1. The summed E-state index contributed by atoms with van der Waals surface area (Å²) in [5.41, 5.74) is 2.03. The van der Waals surface area contributed by atoms with E-state index in [4.69, 9.17) is 0 Å². The maximum absolute atomic E-state index is 12.1. The van der Waals surface area contributed by atoms with Crippen molar-refractivity contribution < 1.29 is 22.7 Å². The second kappa shape index (κ2) is 9.97. The zero-order valence-electron chi connectivity index (χ0n) is 15.1. The predicted octanol–water partition coefficient (Wildman–Crippen LogP) is 3.77. The van der Waals surface area contributed by atoms with Crippen LogP contribution in [-0.2, 0) is 17.8 Å². The first-order valence-corrected chi connectivity index (χ1v) is 8.66. The Morgan fingerprint density at radius 3 is 2.33 bits per heavy atom. The van der Waals surface area contributed by atoms with E-state index in [-0.39, 0.29) is 18.2 Å². The van der Waals surface area contributed by atoms with Gasteiger partial charge >= 0.3 is 6.36 Å². The lowest BCUT2D eigenvalue weighted by atomic mass is 10.1. The summed E-state index contributed by atoms with van der Waals surface area (Å²) in [6.07, 6.45) is -2.93. The monoisotopic (exact) mass is 380 g/mol. The number of alkyl halides is 3. The summed E-state index contributed by atoms with van der Waals surface area (Å²) in [5, 5.41) is 2.88. The Bertz CT molecular complexity index is 703. The molecule has 0 saturated heterocycles. The van der Waals surface area contributed by atoms with Gasteiger partial charge in [0.2, 0.25) is 5.91 Å². The van der Waals surface area contributed by atoms with Gasteiger partial charge < -0.3 is 10.1 Å². The molecule has 0 unspecified atom stereocenters. The summed E-state index contributed by atoms with van der Waals surface area (Å²) >= 11 is 0. The van der Waals surface area contributed by atoms with Crippen LogP contribution in [0, 0.1) is 0 Å². The average molecular weight is 380 g/mol. The third kappa shape index (κ3) is 8.59. The number of ether oxygens (including phenoxy) is 1. The van der Waals surface area contributed by atoms with Crippen LogP contribution in [0.5, 0.6) is 5.75 Å². The summed E-state index contributed by atoms with van der Waals surface area (Å²) in [4.78, 5) is 13.8. The summed E-state index contributed by atoms with van der Waals surface area (Å²) in [6.45, 7) is 1.26. The Hall–Kier alpha value is -2.54. The fourth-order valence-corrected chi connectivity index (χ4v) is 2.63. The highest BCUT2D eigenvalue weighted by atomic mass is 19.4. The molecule has 0 aliphatic rings. The van der Waals surface area contributed by atoms with Gasteiger partial charge in [0.15, 0.2) is 0 Å². The number of amides is 1. The van der Waals surface area contributed by atoms with Crippen molar-refractivity contribution in [1.29, 1.82) is 0 Å². The van der Waals surface area contributed by atoms with Crippen LogP contribution in [0.4, 0.5) is 13.2 Å². The van der Waals surface area contributed by atoms with Gasteiger partial charge in [-0.25, -0.2) is 0 Å². The molecule has 2 rings (SSSR count). The van der Waals surface area contributed by atoms with Crippen molar-refractivity contribution in [2.45, 2.75) is 25.7 Å². The van der Waals surface area contributed by atoms with E-state index < -0.39 is 6.36 Å². The number of likely N-dealkylation sites (N-methyl/N-ethyl adjacent to an activating group) is 1. The van der Waals surface area contributed by atoms with Crippen LogP contribution in [0.3, 0.4) is 0 Å². The molecule has 0 fully saturated rings. The molecule has 27 heavy (non-hydrogen) atoms. The second-order valence-electron chi connectivity index (χ2n) is 6.30. The van der Waals surface area contributed by atoms with E-state index in [1.165, 1.54) is 17.7 Å². The van der Waals surface area contributed by atoms with Gasteiger partial charge in [0, 0.05) is 13.1 Å². The topological polar surface area (TPSA) is 41.6 Å². The smallest absolute Gasteiger partial charge is 0.406 e. The first-order valence-electron chi connectivity index (χ1n) is 8.66. The minimum atomic E-state index is -4.70. The molecule has 4 nitrogen and oxygen atoms in total. The Labute approximate surface area is 156 Å². The first kappa shape index (κ1) is 20.8. The molecule has 1 N–H and O–H groups in total. The van der Waals surface area contributed by atoms with Gasteiger partial charge in [0.05, 0.1) is 6.54 Å². The van der Waals surface area contributed by atoms with Crippen LogP contribution in [0.15, 0.2) is 54.6 Å². The number of carbonyl (C=O) groups is 1. The van der Waals surface area contributed by atoms with Crippen LogP contribution < -0.4 is 10.1 Å². The molecule has 0 aromatic heterocycles. The van der Waals surface area contributed by atoms with E-state index in [1.807, 2.05) is 18.2 Å². The molecule has 2 aromatic carbocycles. The highest BCUT2D eigenvalue weighted by Gasteiger charge is 2.30. The SMILES string of the molecule is CN(CC(=O)NCCCc1ccccc1)Cc1ccc(OC(F)(F)F)cc1. The number of aryl methyl sites for hydroxylation is 1. The number of halogens is 3. The quantitative estimate of drug-likeness (QED) is 0.674. The van der Waals surface area contributed by atoms with Crippen LogP contribution in [0.2, 0.25) is 0 Å². The summed E-state index contributed by atoms with van der Waals surface area (Å²) in [5.74, 6) is -0.340. The molecule has 0 heterocycles. The van der Waals surface area contributed by atoms with Crippen molar-refractivity contribution in [3.8, 4) is 5.75 Å². The highest BCUT2D eigenvalue weighted by Crippen LogP contribution is 2.22. The number of benzene rings is 2. The number of hydrogen-bond donors (Lipinski definition) is 1. The van der Waals surface area contributed by atoms with E-state index >= 15 is 0 Å². The number of hydrogen-bond acceptors (Lipinski definition) is 3. The molecule has 0 aliphatic heterocycles. The molecule has 7 heteroatoms. The van der Waals surface area contributed by atoms with Crippen molar-refractivity contribution in [1.82, 2.24) is 10.2 Å². The zero-order valence-corrected chi connectivity index (χ0v) is 15.1. The van der Waals surface area contributed by atoms with Crippen molar-refractivity contribution in [3.63, 3.8) is 0 Å². The molecule has 2 aromatic rings. The van der Waals surface area contributed by atoms with Crippen LogP contribution >= 0.6 is 0 Å². The maximum atomic E-state index is 12.1. The van der Waals surface area contributed by atoms with Crippen molar-refractivity contribution in [3.05, 3.63) is 65.7 Å². The first-order chi connectivity index (χ1) is 12.8. The average Bonchev–Trinajstić information content (AvgIpc) is 2.60. The lowest BCUT2D eigenvalue weighted by Gasteiger charge is -2.17. The number of rotatable bonds is 9. The molecule has 0 radical (unpaired) electrons. The fourth-order valence-electron chi connectivity index (χ4n) is 2.63. The Morgan fingerprint density at radius 2 is 1.70 bits per heavy atom. The van der Waals surface area contributed by atoms with Gasteiger partial charge in [0.1, 0.15) is 5.75 Å². The number of nitrogens with zero attached hydrogens (tertiary/aromatic N) is 1. The van der Waals surface area contributed by atoms with Crippen LogP contribution in [-0.4, -0.2) is 37.3 Å². The molecular weight excluding hydrogens is 357 g/mol. The molecule has 0 bridgehead atoms. The molecule has 0 saturated carbocycles. The third-order valence-corrected chi connectivity index (χ3v) is 3.83. The van der Waals surface area contributed by atoms with Crippen molar-refractivity contribution in [2.24, 2.45) is 0 Å². The van der Waals surface area contributed by atoms with E-state index in [9.17, 15) is 18.0 Å². The summed E-state index contributed by atoms with van der Waals surface area (Å²) in [7, 11) is 1.78. The number of nitrogens with one attached hydrogen (secondary N) is 1. The Balaban J connectivity index is 1.67. The second-order valence-corrected chi connectivity index (χ2v) is 6.30. The van der Waals surface area contributed by atoms with Gasteiger partial charge in [-0.1, -0.05) is 42.5 Å². The van der Waals surface area contributed by atoms with Gasteiger partial charge in [-0.15, -0.1) is 13.2 Å². The van der Waals surface area contributed by atoms with Crippen molar-refractivity contribution in [2.75, 3.05) is 20.1 Å². The standard InChI is InChI=1S/C20H23F3N2O2/c1-25(14-17-9-11-18(12-10-17)27-20(21,22)23)15-19(26)24-13-5-8-16-6-3-2-4-7-16/h2-4,6-7,9-12H,5,8,13-15H2,1H3,(H,24,26). The van der Waals surface area contributed by atoms with E-state index in [0.717, 1.165) is 18.4 Å². The molecular formula is C20H23F3N2O2. The largest absolute Gasteiger partial charge is 0.573 e. The molecule has 0 aliphatic carbocycles. The summed E-state index contributed by atoms with van der Waals surface area (Å²) in [6, 6.07) is 15.7. The predicted molar refractivity (Wildman–Crippen MR) is 97.2 cm³/mol. The third-order valence-electron chi connectivity index (χ3n) is 3.83. The normalized spacial score (nSPS) is 11.4. The lowest BCUT2D eigenvalue weighted by molar-refractivity contribution is -0.274. The maximum Gasteiger partial charge on any atom is 0.573 e. The van der Waals surface area contributed by atoms with E-state index in [2.05, 4.69) is 22.2 Å². The highest BCUT2D eigenvalue weighted by molar-refractivity contribution is 5.77. The van der Waals surface area contributed by atoms with E-state index in [0.29, 0.717) is 13.1 Å².